The third-order valence-corrected chi connectivity index (χ3v) is 3.76. The van der Waals surface area contributed by atoms with Gasteiger partial charge in [-0.15, -0.1) is 0 Å². The third kappa shape index (κ3) is 3.26. The first-order chi connectivity index (χ1) is 10.2. The molecule has 3 nitrogen and oxygen atoms in total. The van der Waals surface area contributed by atoms with Gasteiger partial charge in [-0.2, -0.15) is 0 Å². The molecule has 2 aromatic carbocycles. The molecule has 0 radical (unpaired) electrons. The third-order valence-electron chi connectivity index (χ3n) is 3.22. The average molecular weight is 318 g/mol. The predicted molar refractivity (Wildman–Crippen MR) is 88.2 cm³/mol. The lowest BCUT2D eigenvalue weighted by Gasteiger charge is -2.09. The van der Waals surface area contributed by atoms with E-state index < -0.39 is 0 Å². The lowest BCUT2D eigenvalue weighted by molar-refractivity contribution is 1.01. The fraction of sp³-hybridized carbons (Fsp3) is 0.125. The van der Waals surface area contributed by atoms with Crippen molar-refractivity contribution in [3.05, 3.63) is 64.4 Å². The van der Waals surface area contributed by atoms with Crippen LogP contribution >= 0.6 is 23.2 Å². The Hall–Kier alpha value is -1.84. The zero-order valence-electron chi connectivity index (χ0n) is 11.2. The fourth-order valence-corrected chi connectivity index (χ4v) is 2.61. The Morgan fingerprint density at radius 1 is 0.905 bits per heavy atom. The van der Waals surface area contributed by atoms with Crippen LogP contribution in [0.25, 0.3) is 10.9 Å². The zero-order valence-corrected chi connectivity index (χ0v) is 12.7. The molecule has 21 heavy (non-hydrogen) atoms. The van der Waals surface area contributed by atoms with Crippen LogP contribution < -0.4 is 5.32 Å². The van der Waals surface area contributed by atoms with Crippen molar-refractivity contribution < 1.29 is 0 Å². The second-order valence-corrected chi connectivity index (χ2v) is 5.37. The fourth-order valence-electron chi connectivity index (χ4n) is 2.20. The minimum Gasteiger partial charge on any atom is -0.369 e. The van der Waals surface area contributed by atoms with Gasteiger partial charge in [0, 0.05) is 17.0 Å². The van der Waals surface area contributed by atoms with E-state index in [0.717, 1.165) is 40.3 Å². The standard InChI is InChI=1S/C16H13Cl2N3/c17-13-7-3-1-5-11(13)9-10-19-15-12-6-2-4-8-14(12)20-16(18)21-15/h1-8H,9-10H2,(H,19,20,21). The monoisotopic (exact) mass is 317 g/mol. The first kappa shape index (κ1) is 14.1. The van der Waals surface area contributed by atoms with Gasteiger partial charge < -0.3 is 5.32 Å². The molecule has 106 valence electrons. The van der Waals surface area contributed by atoms with Crippen LogP contribution in [0.2, 0.25) is 10.3 Å². The Bertz CT molecular complexity index is 774. The van der Waals surface area contributed by atoms with Crippen molar-refractivity contribution in [1.82, 2.24) is 9.97 Å². The van der Waals surface area contributed by atoms with E-state index >= 15 is 0 Å². The highest BCUT2D eigenvalue weighted by Crippen LogP contribution is 2.22. The maximum atomic E-state index is 6.15. The molecule has 0 bridgehead atoms. The summed E-state index contributed by atoms with van der Waals surface area (Å²) in [6.45, 7) is 0.723. The Morgan fingerprint density at radius 2 is 1.67 bits per heavy atom. The zero-order chi connectivity index (χ0) is 14.7. The summed E-state index contributed by atoms with van der Waals surface area (Å²) in [6.07, 6.45) is 0.815. The van der Waals surface area contributed by atoms with Crippen molar-refractivity contribution in [2.45, 2.75) is 6.42 Å². The summed E-state index contributed by atoms with van der Waals surface area (Å²) in [7, 11) is 0. The van der Waals surface area contributed by atoms with Crippen LogP contribution in [0.3, 0.4) is 0 Å². The molecule has 0 saturated carbocycles. The smallest absolute Gasteiger partial charge is 0.224 e. The summed E-state index contributed by atoms with van der Waals surface area (Å²) in [5, 5.41) is 5.30. The van der Waals surface area contributed by atoms with Gasteiger partial charge in [0.2, 0.25) is 5.28 Å². The highest BCUT2D eigenvalue weighted by atomic mass is 35.5. The van der Waals surface area contributed by atoms with Crippen molar-refractivity contribution in [1.29, 1.82) is 0 Å². The molecule has 1 N–H and O–H groups in total. The lowest BCUT2D eigenvalue weighted by atomic mass is 10.1. The van der Waals surface area contributed by atoms with Crippen molar-refractivity contribution >= 4 is 39.9 Å². The number of nitrogens with one attached hydrogen (secondary N) is 1. The van der Waals surface area contributed by atoms with Crippen LogP contribution in [-0.2, 0) is 6.42 Å². The Balaban J connectivity index is 1.78. The lowest BCUT2D eigenvalue weighted by Crippen LogP contribution is -2.07. The molecule has 3 aromatic rings. The molecular formula is C16H13Cl2N3. The van der Waals surface area contributed by atoms with Crippen LogP contribution in [0.1, 0.15) is 5.56 Å². The molecule has 0 amide bonds. The number of para-hydroxylation sites is 1. The first-order valence-corrected chi connectivity index (χ1v) is 7.39. The maximum Gasteiger partial charge on any atom is 0.224 e. The number of fused-ring (bicyclic) bond motifs is 1. The highest BCUT2D eigenvalue weighted by molar-refractivity contribution is 6.31. The second-order valence-electron chi connectivity index (χ2n) is 4.63. The Kier molecular flexibility index (Phi) is 4.23. The van der Waals surface area contributed by atoms with Gasteiger partial charge in [-0.05, 0) is 41.8 Å². The van der Waals surface area contributed by atoms with Gasteiger partial charge in [-0.25, -0.2) is 9.97 Å². The van der Waals surface area contributed by atoms with Gasteiger partial charge in [-0.1, -0.05) is 41.9 Å². The molecule has 5 heteroatoms. The van der Waals surface area contributed by atoms with E-state index in [-0.39, 0.29) is 5.28 Å². The number of benzene rings is 2. The molecule has 0 aliphatic rings. The van der Waals surface area contributed by atoms with Gasteiger partial charge in [0.05, 0.1) is 5.52 Å². The molecule has 0 aliphatic carbocycles. The molecule has 1 aromatic heterocycles. The van der Waals surface area contributed by atoms with Crippen LogP contribution in [0.4, 0.5) is 5.82 Å². The van der Waals surface area contributed by atoms with E-state index in [4.69, 9.17) is 23.2 Å². The molecule has 3 rings (SSSR count). The number of hydrogen-bond donors (Lipinski definition) is 1. The van der Waals surface area contributed by atoms with Gasteiger partial charge in [0.15, 0.2) is 0 Å². The first-order valence-electron chi connectivity index (χ1n) is 6.63. The van der Waals surface area contributed by atoms with Crippen molar-refractivity contribution in [3.8, 4) is 0 Å². The van der Waals surface area contributed by atoms with Gasteiger partial charge in [0.25, 0.3) is 0 Å². The van der Waals surface area contributed by atoms with Gasteiger partial charge >= 0.3 is 0 Å². The molecule has 1 heterocycles. The number of hydrogen-bond acceptors (Lipinski definition) is 3. The number of aromatic nitrogens is 2. The molecule has 0 aliphatic heterocycles. The van der Waals surface area contributed by atoms with Crippen LogP contribution in [0.15, 0.2) is 48.5 Å². The molecule has 0 unspecified atom stereocenters. The van der Waals surface area contributed by atoms with Gasteiger partial charge in [-0.3, -0.25) is 0 Å². The molecule has 0 spiro atoms. The summed E-state index contributed by atoms with van der Waals surface area (Å²) in [5.74, 6) is 0.748. The topological polar surface area (TPSA) is 37.8 Å². The number of anilines is 1. The molecule has 0 atom stereocenters. The summed E-state index contributed by atoms with van der Waals surface area (Å²) < 4.78 is 0. The van der Waals surface area contributed by atoms with Crippen molar-refractivity contribution in [3.63, 3.8) is 0 Å². The van der Waals surface area contributed by atoms with Crippen LogP contribution in [0, 0.1) is 0 Å². The normalized spacial score (nSPS) is 10.8. The number of rotatable bonds is 4. The van der Waals surface area contributed by atoms with E-state index in [1.807, 2.05) is 48.5 Å². The van der Waals surface area contributed by atoms with E-state index in [2.05, 4.69) is 15.3 Å². The predicted octanol–water partition coefficient (Wildman–Crippen LogP) is 4.59. The van der Waals surface area contributed by atoms with E-state index in [1.165, 1.54) is 0 Å². The average Bonchev–Trinajstić information content (AvgIpc) is 2.49. The van der Waals surface area contributed by atoms with Crippen molar-refractivity contribution in [2.24, 2.45) is 0 Å². The summed E-state index contributed by atoms with van der Waals surface area (Å²) in [5.41, 5.74) is 1.94. The summed E-state index contributed by atoms with van der Waals surface area (Å²) in [6, 6.07) is 15.6. The highest BCUT2D eigenvalue weighted by Gasteiger charge is 2.06. The number of halogens is 2. The van der Waals surface area contributed by atoms with Crippen LogP contribution in [0.5, 0.6) is 0 Å². The van der Waals surface area contributed by atoms with E-state index in [9.17, 15) is 0 Å². The number of nitrogens with zero attached hydrogens (tertiary/aromatic N) is 2. The van der Waals surface area contributed by atoms with Crippen LogP contribution in [-0.4, -0.2) is 16.5 Å². The Morgan fingerprint density at radius 3 is 2.52 bits per heavy atom. The summed E-state index contributed by atoms with van der Waals surface area (Å²) >= 11 is 12.1. The maximum absolute atomic E-state index is 6.15. The molecular weight excluding hydrogens is 305 g/mol. The Labute approximate surface area is 132 Å². The molecule has 0 saturated heterocycles. The van der Waals surface area contributed by atoms with Crippen molar-refractivity contribution in [2.75, 3.05) is 11.9 Å². The molecule has 0 fully saturated rings. The second kappa shape index (κ2) is 6.29. The minimum absolute atomic E-state index is 0.244. The SMILES string of the molecule is Clc1nc(NCCc2ccccc2Cl)c2ccccc2n1. The van der Waals surface area contributed by atoms with E-state index in [0.29, 0.717) is 0 Å². The van der Waals surface area contributed by atoms with E-state index in [1.54, 1.807) is 0 Å². The van der Waals surface area contributed by atoms with Gasteiger partial charge in [0.1, 0.15) is 5.82 Å². The summed E-state index contributed by atoms with van der Waals surface area (Å²) in [4.78, 5) is 8.48. The minimum atomic E-state index is 0.244. The largest absolute Gasteiger partial charge is 0.369 e. The quantitative estimate of drug-likeness (QED) is 0.715.